The highest BCUT2D eigenvalue weighted by Gasteiger charge is 2.34. The van der Waals surface area contributed by atoms with E-state index in [-0.39, 0.29) is 16.5 Å². The van der Waals surface area contributed by atoms with Crippen LogP contribution in [-0.2, 0) is 5.54 Å². The van der Waals surface area contributed by atoms with Gasteiger partial charge in [-0.2, -0.15) is 4.98 Å². The van der Waals surface area contributed by atoms with Gasteiger partial charge in [-0.25, -0.2) is 4.39 Å². The van der Waals surface area contributed by atoms with Crippen molar-refractivity contribution in [3.63, 3.8) is 0 Å². The van der Waals surface area contributed by atoms with Crippen molar-refractivity contribution in [1.82, 2.24) is 10.1 Å². The van der Waals surface area contributed by atoms with Gasteiger partial charge in [-0.3, -0.25) is 0 Å². The van der Waals surface area contributed by atoms with Crippen molar-refractivity contribution in [2.24, 2.45) is 5.73 Å². The molecule has 4 nitrogen and oxygen atoms in total. The lowest BCUT2D eigenvalue weighted by Gasteiger charge is -2.29. The molecule has 106 valence electrons. The molecule has 0 atom stereocenters. The van der Waals surface area contributed by atoms with E-state index in [1.807, 2.05) is 0 Å². The van der Waals surface area contributed by atoms with Crippen molar-refractivity contribution in [1.29, 1.82) is 0 Å². The van der Waals surface area contributed by atoms with Crippen LogP contribution in [0.1, 0.15) is 37.9 Å². The maximum atomic E-state index is 13.8. The molecule has 0 spiro atoms. The smallest absolute Gasteiger partial charge is 0.262 e. The summed E-state index contributed by atoms with van der Waals surface area (Å²) >= 11 is 5.99. The van der Waals surface area contributed by atoms with E-state index in [2.05, 4.69) is 10.1 Å². The molecule has 1 aliphatic rings. The first-order chi connectivity index (χ1) is 9.60. The van der Waals surface area contributed by atoms with Gasteiger partial charge in [-0.1, -0.05) is 42.1 Å². The largest absolute Gasteiger partial charge is 0.334 e. The Labute approximate surface area is 121 Å². The first-order valence-electron chi connectivity index (χ1n) is 6.68. The van der Waals surface area contributed by atoms with Gasteiger partial charge in [0.1, 0.15) is 5.82 Å². The summed E-state index contributed by atoms with van der Waals surface area (Å²) in [5.74, 6) is 0.0347. The van der Waals surface area contributed by atoms with Crippen molar-refractivity contribution in [3.05, 3.63) is 34.9 Å². The lowest BCUT2D eigenvalue weighted by Crippen LogP contribution is -2.39. The van der Waals surface area contributed by atoms with Gasteiger partial charge in [-0.05, 0) is 25.0 Å². The molecule has 3 rings (SSSR count). The number of nitrogens with two attached hydrogens (primary N) is 1. The van der Waals surface area contributed by atoms with Crippen LogP contribution in [0.5, 0.6) is 0 Å². The molecule has 20 heavy (non-hydrogen) atoms. The highest BCUT2D eigenvalue weighted by molar-refractivity contribution is 6.33. The van der Waals surface area contributed by atoms with Gasteiger partial charge in [0.15, 0.2) is 5.82 Å². The minimum absolute atomic E-state index is 0.0819. The van der Waals surface area contributed by atoms with Crippen LogP contribution in [0.2, 0.25) is 5.02 Å². The van der Waals surface area contributed by atoms with E-state index in [9.17, 15) is 4.39 Å². The minimum Gasteiger partial charge on any atom is -0.334 e. The van der Waals surface area contributed by atoms with Crippen LogP contribution in [0, 0.1) is 5.82 Å². The third-order valence-corrected chi connectivity index (χ3v) is 4.11. The highest BCUT2D eigenvalue weighted by atomic mass is 35.5. The maximum Gasteiger partial charge on any atom is 0.262 e. The fraction of sp³-hybridized carbons (Fsp3) is 0.429. The molecule has 1 aromatic heterocycles. The average Bonchev–Trinajstić information content (AvgIpc) is 2.90. The Morgan fingerprint density at radius 1 is 1.25 bits per heavy atom. The summed E-state index contributed by atoms with van der Waals surface area (Å²) in [5.41, 5.74) is 5.90. The van der Waals surface area contributed by atoms with E-state index in [1.165, 1.54) is 18.6 Å². The number of aromatic nitrogens is 2. The molecule has 6 heteroatoms. The molecule has 0 radical (unpaired) electrons. The second kappa shape index (κ2) is 5.14. The Bertz CT molecular complexity index is 602. The zero-order valence-electron chi connectivity index (χ0n) is 10.9. The third kappa shape index (κ3) is 2.31. The molecule has 1 aromatic carbocycles. The Morgan fingerprint density at radius 2 is 2.00 bits per heavy atom. The molecule has 1 aliphatic carbocycles. The summed E-state index contributed by atoms with van der Waals surface area (Å²) in [5, 5.41) is 4.18. The number of hydrogen-bond acceptors (Lipinski definition) is 4. The predicted molar refractivity (Wildman–Crippen MR) is 73.7 cm³/mol. The molecule has 2 N–H and O–H groups in total. The maximum absolute atomic E-state index is 13.8. The number of hydrogen-bond donors (Lipinski definition) is 1. The zero-order chi connectivity index (χ0) is 14.2. The Balaban J connectivity index is 1.98. The van der Waals surface area contributed by atoms with Gasteiger partial charge in [-0.15, -0.1) is 0 Å². The van der Waals surface area contributed by atoms with Crippen LogP contribution >= 0.6 is 11.6 Å². The van der Waals surface area contributed by atoms with Crippen molar-refractivity contribution < 1.29 is 8.91 Å². The first kappa shape index (κ1) is 13.5. The van der Waals surface area contributed by atoms with Crippen LogP contribution in [0.15, 0.2) is 22.7 Å². The Kier molecular flexibility index (Phi) is 3.48. The molecule has 0 amide bonds. The molecule has 0 bridgehead atoms. The second-order valence-corrected chi connectivity index (χ2v) is 5.64. The molecule has 1 heterocycles. The van der Waals surface area contributed by atoms with E-state index in [4.69, 9.17) is 21.9 Å². The van der Waals surface area contributed by atoms with Gasteiger partial charge in [0.25, 0.3) is 5.89 Å². The zero-order valence-corrected chi connectivity index (χ0v) is 11.7. The van der Waals surface area contributed by atoms with Crippen LogP contribution in [0.3, 0.4) is 0 Å². The second-order valence-electron chi connectivity index (χ2n) is 5.24. The van der Waals surface area contributed by atoms with Gasteiger partial charge < -0.3 is 10.3 Å². The fourth-order valence-corrected chi connectivity index (χ4v) is 2.88. The molecule has 0 saturated heterocycles. The van der Waals surface area contributed by atoms with Crippen molar-refractivity contribution >= 4 is 11.6 Å². The molecular weight excluding hydrogens is 281 g/mol. The van der Waals surface area contributed by atoms with Crippen molar-refractivity contribution in [2.45, 2.75) is 37.6 Å². The number of benzene rings is 1. The molecule has 1 saturated carbocycles. The SMILES string of the molecule is NC1(c2noc(-c3c(F)cccc3Cl)n2)CCCCC1. The summed E-state index contributed by atoms with van der Waals surface area (Å²) in [6.07, 6.45) is 4.89. The van der Waals surface area contributed by atoms with E-state index in [0.29, 0.717) is 5.82 Å². The fourth-order valence-electron chi connectivity index (χ4n) is 2.64. The number of rotatable bonds is 2. The van der Waals surface area contributed by atoms with Gasteiger partial charge in [0.2, 0.25) is 0 Å². The van der Waals surface area contributed by atoms with Crippen molar-refractivity contribution in [2.75, 3.05) is 0 Å². The van der Waals surface area contributed by atoms with E-state index in [0.717, 1.165) is 25.7 Å². The van der Waals surface area contributed by atoms with Gasteiger partial charge >= 0.3 is 0 Å². The van der Waals surface area contributed by atoms with Gasteiger partial charge in [0.05, 0.1) is 16.1 Å². The van der Waals surface area contributed by atoms with E-state index < -0.39 is 11.4 Å². The summed E-state index contributed by atoms with van der Waals surface area (Å²) in [6, 6.07) is 4.43. The normalized spacial score (nSPS) is 18.1. The number of halogens is 2. The van der Waals surface area contributed by atoms with Crippen LogP contribution in [0.4, 0.5) is 4.39 Å². The first-order valence-corrected chi connectivity index (χ1v) is 7.05. The summed E-state index contributed by atoms with van der Waals surface area (Å²) in [6.45, 7) is 0. The molecule has 0 aliphatic heterocycles. The molecule has 0 unspecified atom stereocenters. The summed E-state index contributed by atoms with van der Waals surface area (Å²) in [7, 11) is 0. The molecule has 1 fully saturated rings. The Hall–Kier alpha value is -1.46. The van der Waals surface area contributed by atoms with Gasteiger partial charge in [0, 0.05) is 0 Å². The monoisotopic (exact) mass is 295 g/mol. The quantitative estimate of drug-likeness (QED) is 0.918. The topological polar surface area (TPSA) is 64.9 Å². The third-order valence-electron chi connectivity index (χ3n) is 3.79. The molecular formula is C14H15ClFN3O. The minimum atomic E-state index is -0.572. The lowest BCUT2D eigenvalue weighted by molar-refractivity contribution is 0.275. The van der Waals surface area contributed by atoms with Crippen LogP contribution in [0.25, 0.3) is 11.5 Å². The lowest BCUT2D eigenvalue weighted by atomic mass is 9.82. The average molecular weight is 296 g/mol. The Morgan fingerprint density at radius 3 is 2.70 bits per heavy atom. The van der Waals surface area contributed by atoms with Crippen molar-refractivity contribution in [3.8, 4) is 11.5 Å². The number of nitrogens with zero attached hydrogens (tertiary/aromatic N) is 2. The summed E-state index contributed by atoms with van der Waals surface area (Å²) in [4.78, 5) is 4.27. The van der Waals surface area contributed by atoms with Crippen LogP contribution < -0.4 is 5.73 Å². The van der Waals surface area contributed by atoms with E-state index in [1.54, 1.807) is 6.07 Å². The standard InChI is InChI=1S/C14H15ClFN3O/c15-9-5-4-6-10(16)11(9)12-18-13(19-20-12)14(17)7-2-1-3-8-14/h4-6H,1-3,7-8,17H2. The van der Waals surface area contributed by atoms with E-state index >= 15 is 0 Å². The predicted octanol–water partition coefficient (Wildman–Crippen LogP) is 3.65. The summed E-state index contributed by atoms with van der Waals surface area (Å²) < 4.78 is 19.0. The highest BCUT2D eigenvalue weighted by Crippen LogP contribution is 2.35. The van der Waals surface area contributed by atoms with Crippen LogP contribution in [-0.4, -0.2) is 10.1 Å². The molecule has 2 aromatic rings.